The molecule has 2 unspecified atom stereocenters. The summed E-state index contributed by atoms with van der Waals surface area (Å²) >= 11 is 1.87. The Balaban J connectivity index is 2.18. The number of nitrogens with zero attached hydrogens (tertiary/aromatic N) is 1. The number of thioether (sulfide) groups is 1. The highest BCUT2D eigenvalue weighted by atomic mass is 32.2. The van der Waals surface area contributed by atoms with Gasteiger partial charge < -0.3 is 10.1 Å². The fourth-order valence-electron chi connectivity index (χ4n) is 1.29. The number of aliphatic imine (C=N–C) groups is 1. The molecule has 3 nitrogen and oxygen atoms in total. The Kier molecular flexibility index (Phi) is 5.33. The average Bonchev–Trinajstić information content (AvgIpc) is 2.62. The minimum atomic E-state index is 0.455. The molecule has 1 aliphatic heterocycles. The second-order valence-corrected chi connectivity index (χ2v) is 4.91. The van der Waals surface area contributed by atoms with Crippen LogP contribution < -0.4 is 5.32 Å². The van der Waals surface area contributed by atoms with Gasteiger partial charge in [-0.25, -0.2) is 0 Å². The lowest BCUT2D eigenvalue weighted by molar-refractivity contribution is 0.187. The number of hydrogen-bond acceptors (Lipinski definition) is 4. The van der Waals surface area contributed by atoms with Crippen LogP contribution in [0.25, 0.3) is 0 Å². The van der Waals surface area contributed by atoms with Gasteiger partial charge >= 0.3 is 0 Å². The third-order valence-electron chi connectivity index (χ3n) is 2.30. The zero-order chi connectivity index (χ0) is 10.4. The van der Waals surface area contributed by atoms with Gasteiger partial charge in [0.15, 0.2) is 5.17 Å². The first-order valence-corrected chi connectivity index (χ1v) is 6.10. The molecule has 82 valence electrons. The molecule has 14 heavy (non-hydrogen) atoms. The number of methoxy groups -OCH3 is 1. The summed E-state index contributed by atoms with van der Waals surface area (Å²) in [6.07, 6.45) is 2.23. The van der Waals surface area contributed by atoms with E-state index < -0.39 is 0 Å². The van der Waals surface area contributed by atoms with E-state index in [9.17, 15) is 0 Å². The van der Waals surface area contributed by atoms with Gasteiger partial charge in [0.25, 0.3) is 0 Å². The van der Waals surface area contributed by atoms with Crippen LogP contribution in [-0.2, 0) is 4.74 Å². The maximum absolute atomic E-state index is 5.03. The first-order valence-electron chi connectivity index (χ1n) is 5.22. The number of ether oxygens (including phenoxy) is 1. The number of amidine groups is 1. The highest BCUT2D eigenvalue weighted by molar-refractivity contribution is 8.14. The van der Waals surface area contributed by atoms with Gasteiger partial charge in [-0.05, 0) is 19.8 Å². The molecule has 0 aromatic heterocycles. The zero-order valence-corrected chi connectivity index (χ0v) is 10.1. The second-order valence-electron chi connectivity index (χ2n) is 3.62. The van der Waals surface area contributed by atoms with Crippen molar-refractivity contribution in [3.8, 4) is 0 Å². The van der Waals surface area contributed by atoms with Crippen LogP contribution >= 0.6 is 11.8 Å². The van der Waals surface area contributed by atoms with E-state index in [4.69, 9.17) is 4.74 Å². The topological polar surface area (TPSA) is 33.6 Å². The van der Waals surface area contributed by atoms with Crippen molar-refractivity contribution in [1.29, 1.82) is 0 Å². The first kappa shape index (κ1) is 11.9. The fraction of sp³-hybridized carbons (Fsp3) is 0.900. The van der Waals surface area contributed by atoms with Gasteiger partial charge in [0.1, 0.15) is 0 Å². The SMILES string of the molecule is CCC1CN=C(NC(C)CCOC)S1. The number of nitrogens with one attached hydrogen (secondary N) is 1. The van der Waals surface area contributed by atoms with Crippen LogP contribution in [0.1, 0.15) is 26.7 Å². The maximum Gasteiger partial charge on any atom is 0.157 e. The third kappa shape index (κ3) is 3.88. The minimum Gasteiger partial charge on any atom is -0.385 e. The minimum absolute atomic E-state index is 0.455. The molecule has 4 heteroatoms. The summed E-state index contributed by atoms with van der Waals surface area (Å²) < 4.78 is 5.03. The van der Waals surface area contributed by atoms with Crippen molar-refractivity contribution < 1.29 is 4.74 Å². The van der Waals surface area contributed by atoms with E-state index in [1.54, 1.807) is 7.11 Å². The lowest BCUT2D eigenvalue weighted by Gasteiger charge is -2.14. The van der Waals surface area contributed by atoms with Crippen LogP contribution in [0, 0.1) is 0 Å². The molecule has 0 amide bonds. The first-order chi connectivity index (χ1) is 6.76. The van der Waals surface area contributed by atoms with Crippen molar-refractivity contribution in [2.24, 2.45) is 4.99 Å². The Morgan fingerprint density at radius 1 is 1.71 bits per heavy atom. The lowest BCUT2D eigenvalue weighted by Crippen LogP contribution is -2.30. The van der Waals surface area contributed by atoms with Crippen molar-refractivity contribution in [3.05, 3.63) is 0 Å². The second kappa shape index (κ2) is 6.30. The largest absolute Gasteiger partial charge is 0.385 e. The summed E-state index contributed by atoms with van der Waals surface area (Å²) in [4.78, 5) is 4.46. The van der Waals surface area contributed by atoms with E-state index in [0.29, 0.717) is 11.3 Å². The van der Waals surface area contributed by atoms with Crippen molar-refractivity contribution in [3.63, 3.8) is 0 Å². The average molecular weight is 216 g/mol. The molecule has 0 saturated heterocycles. The highest BCUT2D eigenvalue weighted by Crippen LogP contribution is 2.22. The standard InChI is InChI=1S/C10H20N2OS/c1-4-9-7-11-10(14-9)12-8(2)5-6-13-3/h8-9H,4-7H2,1-3H3,(H,11,12). The molecule has 0 fully saturated rings. The molecule has 0 radical (unpaired) electrons. The molecule has 0 aromatic rings. The molecule has 1 heterocycles. The van der Waals surface area contributed by atoms with Crippen LogP contribution in [0.15, 0.2) is 4.99 Å². The molecule has 1 N–H and O–H groups in total. The van der Waals surface area contributed by atoms with Gasteiger partial charge in [0.05, 0.1) is 6.54 Å². The van der Waals surface area contributed by atoms with Crippen LogP contribution in [0.5, 0.6) is 0 Å². The normalized spacial score (nSPS) is 23.4. The van der Waals surface area contributed by atoms with Crippen LogP contribution in [-0.4, -0.2) is 36.7 Å². The summed E-state index contributed by atoms with van der Waals surface area (Å²) in [5, 5.41) is 5.21. The smallest absolute Gasteiger partial charge is 0.157 e. The molecule has 1 aliphatic rings. The summed E-state index contributed by atoms with van der Waals surface area (Å²) in [6.45, 7) is 6.16. The van der Waals surface area contributed by atoms with Crippen molar-refractivity contribution in [1.82, 2.24) is 5.32 Å². The fourth-order valence-corrected chi connectivity index (χ4v) is 2.34. The quantitative estimate of drug-likeness (QED) is 0.762. The number of rotatable bonds is 5. The van der Waals surface area contributed by atoms with Gasteiger partial charge in [-0.2, -0.15) is 0 Å². The molecule has 2 atom stereocenters. The molecule has 1 rings (SSSR count). The monoisotopic (exact) mass is 216 g/mol. The Labute approximate surface area is 90.7 Å². The lowest BCUT2D eigenvalue weighted by atomic mass is 10.2. The highest BCUT2D eigenvalue weighted by Gasteiger charge is 2.18. The van der Waals surface area contributed by atoms with Crippen LogP contribution in [0.3, 0.4) is 0 Å². The summed E-state index contributed by atoms with van der Waals surface area (Å²) in [7, 11) is 1.74. The van der Waals surface area contributed by atoms with Gasteiger partial charge in [-0.3, -0.25) is 4.99 Å². The van der Waals surface area contributed by atoms with Crippen LogP contribution in [0.4, 0.5) is 0 Å². The summed E-state index contributed by atoms with van der Waals surface area (Å²) in [5.41, 5.74) is 0. The predicted molar refractivity (Wildman–Crippen MR) is 63.1 cm³/mol. The molecule has 0 spiro atoms. The summed E-state index contributed by atoms with van der Waals surface area (Å²) in [5.74, 6) is 0. The Morgan fingerprint density at radius 2 is 2.50 bits per heavy atom. The van der Waals surface area contributed by atoms with Gasteiger partial charge in [-0.15, -0.1) is 0 Å². The van der Waals surface area contributed by atoms with Crippen LogP contribution in [0.2, 0.25) is 0 Å². The van der Waals surface area contributed by atoms with Crippen molar-refractivity contribution >= 4 is 16.9 Å². The third-order valence-corrected chi connectivity index (χ3v) is 3.58. The predicted octanol–water partition coefficient (Wildman–Crippen LogP) is 1.88. The number of hydrogen-bond donors (Lipinski definition) is 1. The van der Waals surface area contributed by atoms with Gasteiger partial charge in [0, 0.05) is 25.0 Å². The van der Waals surface area contributed by atoms with E-state index in [1.807, 2.05) is 11.8 Å². The van der Waals surface area contributed by atoms with E-state index in [1.165, 1.54) is 6.42 Å². The summed E-state index contributed by atoms with van der Waals surface area (Å²) in [6, 6.07) is 0.455. The molecule has 0 aliphatic carbocycles. The molecule has 0 bridgehead atoms. The molecular weight excluding hydrogens is 196 g/mol. The Hall–Kier alpha value is -0.220. The van der Waals surface area contributed by atoms with E-state index in [2.05, 4.69) is 24.2 Å². The zero-order valence-electron chi connectivity index (χ0n) is 9.25. The maximum atomic E-state index is 5.03. The van der Waals surface area contributed by atoms with Gasteiger partial charge in [-0.1, -0.05) is 18.7 Å². The Bertz CT molecular complexity index is 197. The van der Waals surface area contributed by atoms with Gasteiger partial charge in [0.2, 0.25) is 0 Å². The molecule has 0 saturated carbocycles. The Morgan fingerprint density at radius 3 is 3.07 bits per heavy atom. The van der Waals surface area contributed by atoms with E-state index >= 15 is 0 Å². The van der Waals surface area contributed by atoms with E-state index in [-0.39, 0.29) is 0 Å². The molecular formula is C10H20N2OS. The van der Waals surface area contributed by atoms with E-state index in [0.717, 1.165) is 24.7 Å². The van der Waals surface area contributed by atoms with Crippen molar-refractivity contribution in [2.45, 2.75) is 38.0 Å². The molecule has 0 aromatic carbocycles. The van der Waals surface area contributed by atoms with Crippen molar-refractivity contribution in [2.75, 3.05) is 20.3 Å².